The fourth-order valence-electron chi connectivity index (χ4n) is 10.9. The van der Waals surface area contributed by atoms with E-state index in [9.17, 15) is 0 Å². The summed E-state index contributed by atoms with van der Waals surface area (Å²) in [5.41, 5.74) is 20.3. The minimum Gasteiger partial charge on any atom is -0.456 e. The Labute approximate surface area is 423 Å². The fraction of sp³-hybridized carbons (Fsp3) is 0. The second kappa shape index (κ2) is 17.6. The zero-order chi connectivity index (χ0) is 48.2. The normalized spacial score (nSPS) is 11.6. The molecule has 342 valence electrons. The van der Waals surface area contributed by atoms with Gasteiger partial charge in [-0.2, -0.15) is 0 Å². The van der Waals surface area contributed by atoms with Gasteiger partial charge in [-0.05, 0) is 163 Å². The van der Waals surface area contributed by atoms with E-state index in [1.54, 1.807) is 0 Å². The molecule has 3 nitrogen and oxygen atoms in total. The monoisotopic (exact) mass is 930 g/mol. The molecule has 0 bridgehead atoms. The van der Waals surface area contributed by atoms with Crippen LogP contribution in [0.25, 0.3) is 116 Å². The number of nitrogens with zero attached hydrogens (tertiary/aromatic N) is 2. The molecule has 0 N–H and O–H groups in total. The SMILES string of the molecule is c1ccc(-n2c3ccccc3c3cc(-c4ccc(N(c5ccc(-c6ccc(-c7cccc(-c8ccc9ccccc9c8)c7)cc6)cc5)c5ccc(-c6ccc7c(c6)oc6ccccc67)cc5)cc4)ccc32)cc1. The van der Waals surface area contributed by atoms with E-state index in [1.807, 2.05) is 12.1 Å². The van der Waals surface area contributed by atoms with Crippen LogP contribution in [0.1, 0.15) is 0 Å². The Kier molecular flexibility index (Phi) is 10.2. The molecule has 0 aliphatic rings. The maximum absolute atomic E-state index is 6.28. The Morgan fingerprint density at radius 2 is 0.699 bits per heavy atom. The van der Waals surface area contributed by atoms with Crippen LogP contribution in [0, 0.1) is 0 Å². The summed E-state index contributed by atoms with van der Waals surface area (Å²) in [6.07, 6.45) is 0. The number of fused-ring (bicyclic) bond motifs is 7. The predicted octanol–water partition coefficient (Wildman–Crippen LogP) is 19.6. The number of benzene rings is 12. The van der Waals surface area contributed by atoms with Crippen LogP contribution < -0.4 is 4.90 Å². The van der Waals surface area contributed by atoms with Gasteiger partial charge in [-0.25, -0.2) is 0 Å². The smallest absolute Gasteiger partial charge is 0.136 e. The van der Waals surface area contributed by atoms with E-state index in [4.69, 9.17) is 4.42 Å². The van der Waals surface area contributed by atoms with Crippen LogP contribution >= 0.6 is 0 Å². The van der Waals surface area contributed by atoms with Crippen molar-refractivity contribution < 1.29 is 4.42 Å². The van der Waals surface area contributed by atoms with Crippen LogP contribution in [-0.2, 0) is 0 Å². The van der Waals surface area contributed by atoms with E-state index in [-0.39, 0.29) is 0 Å². The maximum atomic E-state index is 6.28. The minimum atomic E-state index is 0.895. The van der Waals surface area contributed by atoms with Crippen molar-refractivity contribution in [3.8, 4) is 61.3 Å². The zero-order valence-electron chi connectivity index (χ0n) is 39.9. The molecule has 73 heavy (non-hydrogen) atoms. The van der Waals surface area contributed by atoms with Crippen molar-refractivity contribution in [3.63, 3.8) is 0 Å². The van der Waals surface area contributed by atoms with Crippen LogP contribution in [0.5, 0.6) is 0 Å². The van der Waals surface area contributed by atoms with E-state index in [2.05, 4.69) is 276 Å². The van der Waals surface area contributed by atoms with Gasteiger partial charge in [0.15, 0.2) is 0 Å². The van der Waals surface area contributed by atoms with E-state index in [0.29, 0.717) is 0 Å². The zero-order valence-corrected chi connectivity index (χ0v) is 39.9. The number of hydrogen-bond donors (Lipinski definition) is 0. The summed E-state index contributed by atoms with van der Waals surface area (Å²) in [4.78, 5) is 2.35. The van der Waals surface area contributed by atoms with Crippen LogP contribution in [0.4, 0.5) is 17.1 Å². The van der Waals surface area contributed by atoms with Gasteiger partial charge in [-0.15, -0.1) is 0 Å². The van der Waals surface area contributed by atoms with Crippen molar-refractivity contribution in [2.24, 2.45) is 0 Å². The van der Waals surface area contributed by atoms with Crippen LogP contribution in [0.2, 0.25) is 0 Å². The Balaban J connectivity index is 0.789. The summed E-state index contributed by atoms with van der Waals surface area (Å²) in [6.45, 7) is 0. The molecule has 0 aliphatic heterocycles. The molecular formula is C70H46N2O. The molecule has 14 aromatic rings. The number of hydrogen-bond acceptors (Lipinski definition) is 2. The third-order valence-electron chi connectivity index (χ3n) is 14.6. The molecule has 0 spiro atoms. The average molecular weight is 931 g/mol. The summed E-state index contributed by atoms with van der Waals surface area (Å²) < 4.78 is 8.65. The average Bonchev–Trinajstić information content (AvgIpc) is 4.02. The molecule has 0 fully saturated rings. The lowest BCUT2D eigenvalue weighted by Gasteiger charge is -2.26. The van der Waals surface area contributed by atoms with Gasteiger partial charge >= 0.3 is 0 Å². The molecule has 0 radical (unpaired) electrons. The van der Waals surface area contributed by atoms with Gasteiger partial charge in [-0.3, -0.25) is 0 Å². The third kappa shape index (κ3) is 7.63. The Morgan fingerprint density at radius 3 is 1.38 bits per heavy atom. The minimum absolute atomic E-state index is 0.895. The molecule has 0 saturated heterocycles. The van der Waals surface area contributed by atoms with Gasteiger partial charge < -0.3 is 13.9 Å². The van der Waals surface area contributed by atoms with E-state index < -0.39 is 0 Å². The maximum Gasteiger partial charge on any atom is 0.136 e. The highest BCUT2D eigenvalue weighted by molar-refractivity contribution is 6.10. The highest BCUT2D eigenvalue weighted by Crippen LogP contribution is 2.41. The number of rotatable bonds is 9. The first-order chi connectivity index (χ1) is 36.1. The molecule has 0 atom stereocenters. The largest absolute Gasteiger partial charge is 0.456 e. The molecular weight excluding hydrogens is 885 g/mol. The van der Waals surface area contributed by atoms with Gasteiger partial charge in [0.05, 0.1) is 11.0 Å². The van der Waals surface area contributed by atoms with Crippen LogP contribution in [0.3, 0.4) is 0 Å². The van der Waals surface area contributed by atoms with Crippen molar-refractivity contribution in [2.45, 2.75) is 0 Å². The summed E-state index contributed by atoms with van der Waals surface area (Å²) in [5.74, 6) is 0. The Hall–Kier alpha value is -9.70. The van der Waals surface area contributed by atoms with Crippen molar-refractivity contribution >= 4 is 71.6 Å². The molecule has 3 heteroatoms. The highest BCUT2D eigenvalue weighted by atomic mass is 16.3. The molecule has 2 aromatic heterocycles. The quantitative estimate of drug-likeness (QED) is 0.144. The molecule has 2 heterocycles. The van der Waals surface area contributed by atoms with Gasteiger partial charge in [0.2, 0.25) is 0 Å². The van der Waals surface area contributed by atoms with E-state index in [0.717, 1.165) is 66.9 Å². The standard InChI is InChI=1S/C70H46N2O/c1-2-15-59(16-3-1)72-67-19-8-6-17-63(67)66-45-57(34-42-68(66)72)51-29-37-61(38-30-51)71(62-39-31-52(32-40-62)58-33-41-65-64-18-7-9-20-69(64)73-70(65)46-58)60-35-27-49(28-36-60)48-21-23-50(24-22-48)54-13-10-14-55(43-54)56-26-25-47-11-4-5-12-53(47)44-56/h1-46H. The number of furan rings is 1. The molecule has 14 rings (SSSR count). The van der Waals surface area contributed by atoms with Crippen LogP contribution in [0.15, 0.2) is 283 Å². The Bertz CT molecular complexity index is 4340. The van der Waals surface area contributed by atoms with E-state index >= 15 is 0 Å². The number of aromatic nitrogens is 1. The summed E-state index contributed by atoms with van der Waals surface area (Å²) in [5, 5.41) is 7.26. The fourth-order valence-corrected chi connectivity index (χ4v) is 10.9. The summed E-state index contributed by atoms with van der Waals surface area (Å²) in [7, 11) is 0. The van der Waals surface area contributed by atoms with Crippen molar-refractivity contribution in [1.29, 1.82) is 0 Å². The first kappa shape index (κ1) is 42.2. The van der Waals surface area contributed by atoms with Crippen LogP contribution in [-0.4, -0.2) is 4.57 Å². The molecule has 0 amide bonds. The molecule has 12 aromatic carbocycles. The van der Waals surface area contributed by atoms with Crippen molar-refractivity contribution in [1.82, 2.24) is 4.57 Å². The third-order valence-corrected chi connectivity index (χ3v) is 14.6. The lowest BCUT2D eigenvalue weighted by atomic mass is 9.96. The molecule has 0 aliphatic carbocycles. The first-order valence-electron chi connectivity index (χ1n) is 25.0. The summed E-state index contributed by atoms with van der Waals surface area (Å²) >= 11 is 0. The predicted molar refractivity (Wildman–Crippen MR) is 307 cm³/mol. The number of para-hydroxylation sites is 3. The summed E-state index contributed by atoms with van der Waals surface area (Å²) in [6, 6.07) is 101. The Morgan fingerprint density at radius 1 is 0.247 bits per heavy atom. The van der Waals surface area contributed by atoms with Crippen molar-refractivity contribution in [2.75, 3.05) is 4.90 Å². The molecule has 0 saturated carbocycles. The lowest BCUT2D eigenvalue weighted by Crippen LogP contribution is -2.09. The number of anilines is 3. The second-order valence-corrected chi connectivity index (χ2v) is 18.9. The first-order valence-corrected chi connectivity index (χ1v) is 25.0. The van der Waals surface area contributed by atoms with Gasteiger partial charge in [0, 0.05) is 44.3 Å². The van der Waals surface area contributed by atoms with Crippen molar-refractivity contribution in [3.05, 3.63) is 279 Å². The topological polar surface area (TPSA) is 21.3 Å². The van der Waals surface area contributed by atoms with E-state index in [1.165, 1.54) is 66.0 Å². The van der Waals surface area contributed by atoms with Gasteiger partial charge in [-0.1, -0.05) is 182 Å². The second-order valence-electron chi connectivity index (χ2n) is 18.9. The molecule has 0 unspecified atom stereocenters. The van der Waals surface area contributed by atoms with Gasteiger partial charge in [0.25, 0.3) is 0 Å². The lowest BCUT2D eigenvalue weighted by molar-refractivity contribution is 0.669. The van der Waals surface area contributed by atoms with Gasteiger partial charge in [0.1, 0.15) is 11.2 Å². The highest BCUT2D eigenvalue weighted by Gasteiger charge is 2.17.